The van der Waals surface area contributed by atoms with Gasteiger partial charge in [-0.3, -0.25) is 0 Å². The summed E-state index contributed by atoms with van der Waals surface area (Å²) in [5.74, 6) is 0. The molecule has 14 heavy (non-hydrogen) atoms. The molecule has 0 bridgehead atoms. The first-order valence-electron chi connectivity index (χ1n) is 5.56. The fourth-order valence-electron chi connectivity index (χ4n) is 2.41. The van der Waals surface area contributed by atoms with Gasteiger partial charge in [0.05, 0.1) is 0 Å². The summed E-state index contributed by atoms with van der Waals surface area (Å²) < 4.78 is 0. The molecule has 2 fully saturated rings. The molecule has 0 radical (unpaired) electrons. The van der Waals surface area contributed by atoms with Crippen molar-refractivity contribution in [1.29, 1.82) is 0 Å². The normalized spacial score (nSPS) is 36.2. The molecule has 1 unspecified atom stereocenters. The summed E-state index contributed by atoms with van der Waals surface area (Å²) in [6, 6.07) is 0. The van der Waals surface area contributed by atoms with Crippen LogP contribution < -0.4 is 0 Å². The van der Waals surface area contributed by atoms with E-state index < -0.39 is 0 Å². The highest BCUT2D eigenvalue weighted by molar-refractivity contribution is 4.97. The molecular weight excluding hydrogens is 178 g/mol. The topological polar surface area (TPSA) is 43.7 Å². The highest BCUT2D eigenvalue weighted by Crippen LogP contribution is 2.46. The molecule has 1 heterocycles. The number of nitrogens with zero attached hydrogens (tertiary/aromatic N) is 1. The maximum absolute atomic E-state index is 9.24. The molecule has 1 atom stereocenters. The van der Waals surface area contributed by atoms with Gasteiger partial charge in [-0.05, 0) is 25.8 Å². The van der Waals surface area contributed by atoms with E-state index in [1.807, 2.05) is 0 Å². The van der Waals surface area contributed by atoms with Crippen molar-refractivity contribution in [1.82, 2.24) is 4.90 Å². The van der Waals surface area contributed by atoms with Gasteiger partial charge in [0.2, 0.25) is 0 Å². The predicted molar refractivity (Wildman–Crippen MR) is 55.0 cm³/mol. The van der Waals surface area contributed by atoms with E-state index in [1.165, 1.54) is 12.8 Å². The second-order valence-corrected chi connectivity index (χ2v) is 5.59. The third-order valence-corrected chi connectivity index (χ3v) is 3.87. The lowest BCUT2D eigenvalue weighted by molar-refractivity contribution is 0.126. The fraction of sp³-hybridized carbons (Fsp3) is 1.00. The van der Waals surface area contributed by atoms with Crippen LogP contribution in [0, 0.1) is 10.8 Å². The summed E-state index contributed by atoms with van der Waals surface area (Å²) >= 11 is 0. The predicted octanol–water partition coefficient (Wildman–Crippen LogP) is 0.463. The van der Waals surface area contributed by atoms with E-state index in [9.17, 15) is 10.2 Å². The lowest BCUT2D eigenvalue weighted by Crippen LogP contribution is -2.33. The lowest BCUT2D eigenvalue weighted by atomic mass is 9.91. The smallest absolute Gasteiger partial charge is 0.0499 e. The van der Waals surface area contributed by atoms with E-state index in [0.29, 0.717) is 6.61 Å². The van der Waals surface area contributed by atoms with E-state index in [-0.39, 0.29) is 17.4 Å². The molecule has 82 valence electrons. The third-order valence-electron chi connectivity index (χ3n) is 3.87. The van der Waals surface area contributed by atoms with Gasteiger partial charge in [0.25, 0.3) is 0 Å². The van der Waals surface area contributed by atoms with E-state index >= 15 is 0 Å². The van der Waals surface area contributed by atoms with Crippen molar-refractivity contribution in [3.8, 4) is 0 Å². The molecular formula is C11H21NO2. The molecule has 1 aliphatic heterocycles. The molecule has 1 saturated heterocycles. The Bertz CT molecular complexity index is 215. The van der Waals surface area contributed by atoms with Crippen molar-refractivity contribution in [2.24, 2.45) is 10.8 Å². The molecule has 2 rings (SSSR count). The van der Waals surface area contributed by atoms with Crippen LogP contribution in [0.25, 0.3) is 0 Å². The van der Waals surface area contributed by atoms with E-state index in [1.54, 1.807) is 0 Å². The van der Waals surface area contributed by atoms with Crippen LogP contribution in [0.3, 0.4) is 0 Å². The van der Waals surface area contributed by atoms with Crippen molar-refractivity contribution in [2.75, 3.05) is 32.8 Å². The van der Waals surface area contributed by atoms with Gasteiger partial charge in [-0.25, -0.2) is 0 Å². The van der Waals surface area contributed by atoms with E-state index in [0.717, 1.165) is 26.1 Å². The van der Waals surface area contributed by atoms with Gasteiger partial charge in [-0.1, -0.05) is 6.92 Å². The highest BCUT2D eigenvalue weighted by atomic mass is 16.3. The Kier molecular flexibility index (Phi) is 2.58. The first-order chi connectivity index (χ1) is 6.61. The summed E-state index contributed by atoms with van der Waals surface area (Å²) in [7, 11) is 0. The average molecular weight is 199 g/mol. The molecule has 0 spiro atoms. The summed E-state index contributed by atoms with van der Waals surface area (Å²) in [6.45, 7) is 5.86. The first-order valence-corrected chi connectivity index (χ1v) is 5.56. The zero-order valence-electron chi connectivity index (χ0n) is 9.00. The molecule has 0 amide bonds. The Balaban J connectivity index is 1.84. The fourth-order valence-corrected chi connectivity index (χ4v) is 2.41. The van der Waals surface area contributed by atoms with Crippen molar-refractivity contribution in [2.45, 2.75) is 26.2 Å². The van der Waals surface area contributed by atoms with Crippen molar-refractivity contribution in [3.05, 3.63) is 0 Å². The van der Waals surface area contributed by atoms with E-state index in [2.05, 4.69) is 11.8 Å². The Morgan fingerprint density at radius 2 is 1.86 bits per heavy atom. The second-order valence-electron chi connectivity index (χ2n) is 5.59. The molecule has 3 nitrogen and oxygen atoms in total. The highest BCUT2D eigenvalue weighted by Gasteiger charge is 2.45. The Hall–Kier alpha value is -0.120. The molecule has 1 saturated carbocycles. The van der Waals surface area contributed by atoms with Crippen molar-refractivity contribution in [3.63, 3.8) is 0 Å². The third kappa shape index (κ3) is 1.95. The van der Waals surface area contributed by atoms with Crippen LogP contribution in [0.15, 0.2) is 0 Å². The quantitative estimate of drug-likeness (QED) is 0.691. The zero-order valence-corrected chi connectivity index (χ0v) is 9.00. The molecule has 0 aromatic heterocycles. The van der Waals surface area contributed by atoms with Crippen LogP contribution in [0.4, 0.5) is 0 Å². The monoisotopic (exact) mass is 199 g/mol. The minimum Gasteiger partial charge on any atom is -0.396 e. The summed E-state index contributed by atoms with van der Waals surface area (Å²) in [5.41, 5.74) is 0.326. The molecule has 2 aliphatic rings. The maximum atomic E-state index is 9.24. The van der Waals surface area contributed by atoms with Crippen LogP contribution in [-0.4, -0.2) is 48.0 Å². The van der Waals surface area contributed by atoms with Gasteiger partial charge in [0.1, 0.15) is 0 Å². The van der Waals surface area contributed by atoms with Crippen LogP contribution in [0.1, 0.15) is 26.2 Å². The van der Waals surface area contributed by atoms with E-state index in [4.69, 9.17) is 0 Å². The van der Waals surface area contributed by atoms with Gasteiger partial charge in [0, 0.05) is 37.1 Å². The summed E-state index contributed by atoms with van der Waals surface area (Å²) in [6.07, 6.45) is 3.44. The molecule has 0 aromatic rings. The largest absolute Gasteiger partial charge is 0.396 e. The van der Waals surface area contributed by atoms with Crippen LogP contribution in [0.2, 0.25) is 0 Å². The SMILES string of the molecule is CC1(CO)CCN(CC2(CO)CC2)C1. The van der Waals surface area contributed by atoms with Gasteiger partial charge >= 0.3 is 0 Å². The second kappa shape index (κ2) is 3.47. The Morgan fingerprint density at radius 1 is 1.14 bits per heavy atom. The first kappa shape index (κ1) is 10.4. The standard InChI is InChI=1S/C11H21NO2/c1-10(8-13)4-5-12(6-10)7-11(9-14)2-3-11/h13-14H,2-9H2,1H3. The number of aliphatic hydroxyl groups is 2. The van der Waals surface area contributed by atoms with Crippen LogP contribution in [0.5, 0.6) is 0 Å². The average Bonchev–Trinajstić information content (AvgIpc) is 2.86. The zero-order chi connectivity index (χ0) is 10.2. The van der Waals surface area contributed by atoms with Gasteiger partial charge in [-0.15, -0.1) is 0 Å². The van der Waals surface area contributed by atoms with Gasteiger partial charge < -0.3 is 15.1 Å². The van der Waals surface area contributed by atoms with Gasteiger partial charge in [0.15, 0.2) is 0 Å². The molecule has 0 aromatic carbocycles. The molecule has 3 heteroatoms. The maximum Gasteiger partial charge on any atom is 0.0499 e. The number of hydrogen-bond donors (Lipinski definition) is 2. The molecule has 2 N–H and O–H groups in total. The Labute approximate surface area is 85.7 Å². The van der Waals surface area contributed by atoms with Crippen LogP contribution in [-0.2, 0) is 0 Å². The minimum atomic E-state index is 0.103. The summed E-state index contributed by atoms with van der Waals surface area (Å²) in [4.78, 5) is 2.40. The number of likely N-dealkylation sites (tertiary alicyclic amines) is 1. The molecule has 1 aliphatic carbocycles. The minimum absolute atomic E-state index is 0.103. The Morgan fingerprint density at radius 3 is 2.29 bits per heavy atom. The lowest BCUT2D eigenvalue weighted by Gasteiger charge is -2.24. The van der Waals surface area contributed by atoms with Crippen LogP contribution >= 0.6 is 0 Å². The van der Waals surface area contributed by atoms with Crippen molar-refractivity contribution >= 4 is 0 Å². The van der Waals surface area contributed by atoms with Gasteiger partial charge in [-0.2, -0.15) is 0 Å². The number of hydrogen-bond acceptors (Lipinski definition) is 3. The summed E-state index contributed by atoms with van der Waals surface area (Å²) in [5, 5.41) is 18.5. The van der Waals surface area contributed by atoms with Crippen molar-refractivity contribution < 1.29 is 10.2 Å². The number of aliphatic hydroxyl groups excluding tert-OH is 2. The number of rotatable bonds is 4.